The van der Waals surface area contributed by atoms with Gasteiger partial charge >= 0.3 is 6.18 Å². The fourth-order valence-electron chi connectivity index (χ4n) is 2.91. The largest absolute Gasteiger partial charge is 0.443 e. The highest BCUT2D eigenvalue weighted by molar-refractivity contribution is 7.11. The molecule has 1 aromatic heterocycles. The first-order valence-electron chi connectivity index (χ1n) is 7.00. The summed E-state index contributed by atoms with van der Waals surface area (Å²) in [6.45, 7) is 4.39. The van der Waals surface area contributed by atoms with Crippen molar-refractivity contribution in [2.75, 3.05) is 0 Å². The molecule has 1 N–H and O–H groups in total. The van der Waals surface area contributed by atoms with Crippen LogP contribution < -0.4 is 0 Å². The van der Waals surface area contributed by atoms with Crippen molar-refractivity contribution in [1.29, 1.82) is 0 Å². The molecule has 1 atom stereocenters. The average molecular weight is 307 g/mol. The summed E-state index contributed by atoms with van der Waals surface area (Å²) in [5.74, 6) is 1.37. The summed E-state index contributed by atoms with van der Waals surface area (Å²) in [5, 5.41) is 9.38. The lowest BCUT2D eigenvalue weighted by molar-refractivity contribution is -0.137. The predicted octanol–water partition coefficient (Wildman–Crippen LogP) is 4.66. The molecular weight excluding hydrogens is 287 g/mol. The molecule has 0 spiro atoms. The number of aliphatic hydroxyl groups is 1. The Kier molecular flexibility index (Phi) is 4.74. The summed E-state index contributed by atoms with van der Waals surface area (Å²) in [7, 11) is 0. The van der Waals surface area contributed by atoms with Crippen LogP contribution in [-0.4, -0.2) is 10.1 Å². The Bertz CT molecular complexity index is 436. The van der Waals surface area contributed by atoms with E-state index < -0.39 is 17.3 Å². The molecule has 0 aromatic carbocycles. The molecular formula is C14H20F3NOS. The van der Waals surface area contributed by atoms with Gasteiger partial charge in [0.15, 0.2) is 5.01 Å². The van der Waals surface area contributed by atoms with Crippen molar-refractivity contribution in [2.24, 2.45) is 17.8 Å². The van der Waals surface area contributed by atoms with Crippen LogP contribution in [0.1, 0.15) is 55.5 Å². The Morgan fingerprint density at radius 3 is 2.20 bits per heavy atom. The van der Waals surface area contributed by atoms with Gasteiger partial charge in [0.1, 0.15) is 0 Å². The van der Waals surface area contributed by atoms with Gasteiger partial charge in [0.05, 0.1) is 11.0 Å². The topological polar surface area (TPSA) is 33.1 Å². The first-order valence-corrected chi connectivity index (χ1v) is 7.81. The second-order valence-electron chi connectivity index (χ2n) is 5.93. The molecule has 0 aliphatic heterocycles. The first-order chi connectivity index (χ1) is 9.29. The highest BCUT2D eigenvalue weighted by Crippen LogP contribution is 2.42. The van der Waals surface area contributed by atoms with Gasteiger partial charge < -0.3 is 5.11 Å². The highest BCUT2D eigenvalue weighted by atomic mass is 32.1. The molecule has 2 nitrogen and oxygen atoms in total. The molecule has 0 saturated heterocycles. The van der Waals surface area contributed by atoms with Crippen molar-refractivity contribution < 1.29 is 18.3 Å². The summed E-state index contributed by atoms with van der Waals surface area (Å²) in [5.41, 5.74) is 0. The molecule has 0 radical (unpaired) electrons. The maximum atomic E-state index is 12.5. The molecule has 1 aliphatic rings. The van der Waals surface area contributed by atoms with E-state index in [0.717, 1.165) is 25.7 Å². The van der Waals surface area contributed by atoms with Gasteiger partial charge in [0.2, 0.25) is 0 Å². The van der Waals surface area contributed by atoms with E-state index in [-0.39, 0.29) is 5.92 Å². The van der Waals surface area contributed by atoms with Crippen LogP contribution in [0.2, 0.25) is 0 Å². The number of rotatable bonds is 3. The predicted molar refractivity (Wildman–Crippen MR) is 72.4 cm³/mol. The van der Waals surface area contributed by atoms with Crippen LogP contribution >= 0.6 is 11.3 Å². The molecule has 1 unspecified atom stereocenters. The lowest BCUT2D eigenvalue weighted by Gasteiger charge is -2.32. The molecule has 0 amide bonds. The number of alkyl halides is 3. The number of aromatic nitrogens is 1. The molecule has 1 heterocycles. The second-order valence-corrected chi connectivity index (χ2v) is 6.99. The fraction of sp³-hybridized carbons (Fsp3) is 0.786. The van der Waals surface area contributed by atoms with E-state index in [2.05, 4.69) is 18.8 Å². The zero-order valence-corrected chi connectivity index (χ0v) is 12.5. The van der Waals surface area contributed by atoms with Crippen molar-refractivity contribution in [3.8, 4) is 0 Å². The third-order valence-corrected chi connectivity index (χ3v) is 5.38. The van der Waals surface area contributed by atoms with Gasteiger partial charge in [-0.2, -0.15) is 13.2 Å². The van der Waals surface area contributed by atoms with Crippen molar-refractivity contribution in [1.82, 2.24) is 4.98 Å². The van der Waals surface area contributed by atoms with Crippen LogP contribution in [0.25, 0.3) is 0 Å². The van der Waals surface area contributed by atoms with Crippen molar-refractivity contribution in [3.05, 3.63) is 16.1 Å². The van der Waals surface area contributed by atoms with Gasteiger partial charge in [-0.1, -0.05) is 13.8 Å². The van der Waals surface area contributed by atoms with Gasteiger partial charge in [-0.25, -0.2) is 4.98 Å². The van der Waals surface area contributed by atoms with Crippen LogP contribution in [0.15, 0.2) is 6.20 Å². The van der Waals surface area contributed by atoms with E-state index in [9.17, 15) is 18.3 Å². The van der Waals surface area contributed by atoms with Crippen LogP contribution in [0.3, 0.4) is 0 Å². The van der Waals surface area contributed by atoms with E-state index >= 15 is 0 Å². The summed E-state index contributed by atoms with van der Waals surface area (Å²) >= 11 is 0.563. The van der Waals surface area contributed by atoms with Crippen molar-refractivity contribution in [2.45, 2.75) is 51.8 Å². The van der Waals surface area contributed by atoms with Crippen molar-refractivity contribution >= 4 is 11.3 Å². The van der Waals surface area contributed by atoms with Crippen LogP contribution in [0.5, 0.6) is 0 Å². The number of hydrogen-bond donors (Lipinski definition) is 1. The molecule has 114 valence electrons. The maximum Gasteiger partial charge on any atom is 0.443 e. The van der Waals surface area contributed by atoms with Crippen molar-refractivity contribution in [3.63, 3.8) is 0 Å². The van der Waals surface area contributed by atoms with E-state index in [4.69, 9.17) is 0 Å². The minimum Gasteiger partial charge on any atom is -0.387 e. The highest BCUT2D eigenvalue weighted by Gasteiger charge is 2.36. The van der Waals surface area contributed by atoms with Gasteiger partial charge in [-0.3, -0.25) is 0 Å². The Labute approximate surface area is 121 Å². The summed E-state index contributed by atoms with van der Waals surface area (Å²) < 4.78 is 37.5. The maximum absolute atomic E-state index is 12.5. The molecule has 6 heteroatoms. The lowest BCUT2D eigenvalue weighted by Crippen LogP contribution is -2.22. The minimum atomic E-state index is -4.42. The number of aliphatic hydroxyl groups excluding tert-OH is 1. The standard InChI is InChI=1S/C14H20F3NOS/c1-8(2)9-3-5-10(6-4-9)12(19)11-7-18-13(20-11)14(15,16)17/h7-10,12,19H,3-6H2,1-2H3. The average Bonchev–Trinajstić information content (AvgIpc) is 2.87. The monoisotopic (exact) mass is 307 g/mol. The molecule has 1 aromatic rings. The quantitative estimate of drug-likeness (QED) is 0.881. The molecule has 1 saturated carbocycles. The van der Waals surface area contributed by atoms with Gasteiger partial charge in [0.25, 0.3) is 0 Å². The smallest absolute Gasteiger partial charge is 0.387 e. The molecule has 2 rings (SSSR count). The molecule has 1 fully saturated rings. The number of hydrogen-bond acceptors (Lipinski definition) is 3. The van der Waals surface area contributed by atoms with Gasteiger partial charge in [-0.15, -0.1) is 11.3 Å². The van der Waals surface area contributed by atoms with Gasteiger partial charge in [-0.05, 0) is 43.4 Å². The Hall–Kier alpha value is -0.620. The molecule has 20 heavy (non-hydrogen) atoms. The van der Waals surface area contributed by atoms with E-state index in [1.165, 1.54) is 6.20 Å². The number of halogens is 3. The Morgan fingerprint density at radius 1 is 1.20 bits per heavy atom. The van der Waals surface area contributed by atoms with E-state index in [1.54, 1.807) is 0 Å². The zero-order chi connectivity index (χ0) is 14.9. The van der Waals surface area contributed by atoms with Gasteiger partial charge in [0, 0.05) is 6.20 Å². The van der Waals surface area contributed by atoms with E-state index in [0.29, 0.717) is 28.0 Å². The van der Waals surface area contributed by atoms with E-state index in [1.807, 2.05) is 0 Å². The van der Waals surface area contributed by atoms with Crippen LogP contribution in [0.4, 0.5) is 13.2 Å². The minimum absolute atomic E-state index is 0.0616. The van der Waals surface area contributed by atoms with Crippen LogP contribution in [-0.2, 0) is 6.18 Å². The molecule has 1 aliphatic carbocycles. The Morgan fingerprint density at radius 2 is 1.75 bits per heavy atom. The third kappa shape index (κ3) is 3.52. The fourth-order valence-corrected chi connectivity index (χ4v) is 3.78. The van der Waals surface area contributed by atoms with Crippen LogP contribution in [0, 0.1) is 17.8 Å². The molecule has 0 bridgehead atoms. The third-order valence-electron chi connectivity index (χ3n) is 4.26. The summed E-state index contributed by atoms with van der Waals surface area (Å²) in [6.07, 6.45) is -0.206. The normalized spacial score (nSPS) is 25.9. The summed E-state index contributed by atoms with van der Waals surface area (Å²) in [4.78, 5) is 3.72. The number of nitrogens with zero attached hydrogens (tertiary/aromatic N) is 1. The first kappa shape index (κ1) is 15.8. The second kappa shape index (κ2) is 6.02. The lowest BCUT2D eigenvalue weighted by atomic mass is 9.75. The summed E-state index contributed by atoms with van der Waals surface area (Å²) in [6, 6.07) is 0. The zero-order valence-electron chi connectivity index (χ0n) is 11.7. The Balaban J connectivity index is 1.98. The number of thiazole rings is 1. The SMILES string of the molecule is CC(C)C1CCC(C(O)c2cnc(C(F)(F)F)s2)CC1.